The quantitative estimate of drug-likeness (QED) is 0.835. The zero-order valence-corrected chi connectivity index (χ0v) is 14.4. The number of hydrogen-bond acceptors (Lipinski definition) is 5. The van der Waals surface area contributed by atoms with Gasteiger partial charge >= 0.3 is 0 Å². The van der Waals surface area contributed by atoms with Crippen LogP contribution in [0.25, 0.3) is 11.1 Å². The van der Waals surface area contributed by atoms with Crippen molar-refractivity contribution in [2.24, 2.45) is 0 Å². The molecule has 1 unspecified atom stereocenters. The summed E-state index contributed by atoms with van der Waals surface area (Å²) in [7, 11) is 0. The number of benzene rings is 1. The average Bonchev–Trinajstić information content (AvgIpc) is 3.15. The summed E-state index contributed by atoms with van der Waals surface area (Å²) in [6.45, 7) is 5.41. The Balaban J connectivity index is 1.57. The van der Waals surface area contributed by atoms with E-state index in [1.807, 2.05) is 24.3 Å². The van der Waals surface area contributed by atoms with E-state index in [0.717, 1.165) is 24.2 Å². The summed E-state index contributed by atoms with van der Waals surface area (Å²) >= 11 is 0. The molecule has 25 heavy (non-hydrogen) atoms. The molecule has 2 heterocycles. The Morgan fingerprint density at radius 2 is 2.08 bits per heavy atom. The summed E-state index contributed by atoms with van der Waals surface area (Å²) in [4.78, 5) is 14.6. The van der Waals surface area contributed by atoms with Gasteiger partial charge in [0.1, 0.15) is 0 Å². The fraction of sp³-hybridized carbons (Fsp3) is 0.421. The summed E-state index contributed by atoms with van der Waals surface area (Å²) in [6.07, 6.45) is 3.25. The van der Waals surface area contributed by atoms with E-state index in [4.69, 9.17) is 9.15 Å². The van der Waals surface area contributed by atoms with Gasteiger partial charge in [0.05, 0.1) is 31.3 Å². The molecule has 0 saturated carbocycles. The largest absolute Gasteiger partial charge is 0.472 e. The van der Waals surface area contributed by atoms with Crippen molar-refractivity contribution in [1.29, 1.82) is 0 Å². The summed E-state index contributed by atoms with van der Waals surface area (Å²) in [5.41, 5.74) is 1.41. The van der Waals surface area contributed by atoms with Gasteiger partial charge in [-0.15, -0.1) is 0 Å². The minimum atomic E-state index is -0.991. The molecule has 1 aromatic carbocycles. The third kappa shape index (κ3) is 4.92. The standard InChI is InChI=1S/C19H24N2O4/c1-19(23,14-21-6-9-24-10-7-21)13-20-18(22)16-4-2-3-15(11-16)17-5-8-25-12-17/h2-5,8,11-12,23H,6-7,9-10,13-14H2,1H3,(H,20,22). The van der Waals surface area contributed by atoms with Crippen molar-refractivity contribution < 1.29 is 19.1 Å². The highest BCUT2D eigenvalue weighted by atomic mass is 16.5. The number of carbonyl (C=O) groups excluding carboxylic acids is 1. The van der Waals surface area contributed by atoms with Crippen molar-refractivity contribution in [2.45, 2.75) is 12.5 Å². The summed E-state index contributed by atoms with van der Waals surface area (Å²) in [6, 6.07) is 9.19. The number of nitrogens with zero attached hydrogens (tertiary/aromatic N) is 1. The molecule has 1 aliphatic heterocycles. The summed E-state index contributed by atoms with van der Waals surface area (Å²) in [5.74, 6) is -0.201. The van der Waals surface area contributed by atoms with Crippen LogP contribution in [-0.2, 0) is 4.74 Å². The third-order valence-corrected chi connectivity index (χ3v) is 4.28. The molecule has 6 nitrogen and oxygen atoms in total. The number of ether oxygens (including phenoxy) is 1. The molecule has 2 N–H and O–H groups in total. The van der Waals surface area contributed by atoms with Crippen LogP contribution < -0.4 is 5.32 Å². The van der Waals surface area contributed by atoms with Crippen LogP contribution in [0, 0.1) is 0 Å². The Morgan fingerprint density at radius 1 is 1.28 bits per heavy atom. The lowest BCUT2D eigenvalue weighted by Crippen LogP contribution is -2.51. The summed E-state index contributed by atoms with van der Waals surface area (Å²) in [5, 5.41) is 13.4. The number of aliphatic hydroxyl groups is 1. The van der Waals surface area contributed by atoms with E-state index < -0.39 is 5.60 Å². The molecule has 3 rings (SSSR count). The minimum absolute atomic E-state index is 0.194. The molecule has 0 radical (unpaired) electrons. The van der Waals surface area contributed by atoms with E-state index in [-0.39, 0.29) is 12.5 Å². The first-order chi connectivity index (χ1) is 12.0. The Kier molecular flexibility index (Phi) is 5.53. The van der Waals surface area contributed by atoms with Crippen LogP contribution in [0.15, 0.2) is 47.3 Å². The second-order valence-corrected chi connectivity index (χ2v) is 6.66. The van der Waals surface area contributed by atoms with E-state index in [9.17, 15) is 9.90 Å². The molecule has 6 heteroatoms. The van der Waals surface area contributed by atoms with Gasteiger partial charge in [-0.1, -0.05) is 12.1 Å². The maximum absolute atomic E-state index is 12.4. The lowest BCUT2D eigenvalue weighted by molar-refractivity contribution is -0.0213. The minimum Gasteiger partial charge on any atom is -0.472 e. The molecule has 1 fully saturated rings. The number of amides is 1. The molecular weight excluding hydrogens is 320 g/mol. The number of nitrogens with one attached hydrogen (secondary N) is 1. The fourth-order valence-electron chi connectivity index (χ4n) is 2.94. The van der Waals surface area contributed by atoms with Crippen molar-refractivity contribution >= 4 is 5.91 Å². The van der Waals surface area contributed by atoms with Crippen molar-refractivity contribution in [3.8, 4) is 11.1 Å². The highest BCUT2D eigenvalue weighted by Gasteiger charge is 2.26. The van der Waals surface area contributed by atoms with Gasteiger partial charge in [-0.25, -0.2) is 0 Å². The molecule has 1 saturated heterocycles. The van der Waals surface area contributed by atoms with Crippen LogP contribution in [0.3, 0.4) is 0 Å². The molecule has 0 aliphatic carbocycles. The SMILES string of the molecule is CC(O)(CNC(=O)c1cccc(-c2ccoc2)c1)CN1CCOCC1. The number of carbonyl (C=O) groups is 1. The van der Waals surface area contributed by atoms with Crippen molar-refractivity contribution in [2.75, 3.05) is 39.4 Å². The van der Waals surface area contributed by atoms with Crippen LogP contribution in [0.5, 0.6) is 0 Å². The van der Waals surface area contributed by atoms with Gasteiger partial charge in [-0.05, 0) is 30.7 Å². The molecule has 0 bridgehead atoms. The smallest absolute Gasteiger partial charge is 0.251 e. The number of β-amino-alcohol motifs (C(OH)–C–C–N with tert-alkyl or cyclic N) is 1. The number of rotatable bonds is 6. The van der Waals surface area contributed by atoms with Crippen LogP contribution in [-0.4, -0.2) is 60.9 Å². The van der Waals surface area contributed by atoms with Crippen molar-refractivity contribution in [1.82, 2.24) is 10.2 Å². The second-order valence-electron chi connectivity index (χ2n) is 6.66. The highest BCUT2D eigenvalue weighted by Crippen LogP contribution is 2.20. The first-order valence-electron chi connectivity index (χ1n) is 8.47. The normalized spacial score (nSPS) is 17.8. The molecule has 0 spiro atoms. The lowest BCUT2D eigenvalue weighted by atomic mass is 10.0. The topological polar surface area (TPSA) is 74.9 Å². The Hall–Kier alpha value is -2.15. The number of furan rings is 1. The molecule has 1 aliphatic rings. The predicted molar refractivity (Wildman–Crippen MR) is 94.4 cm³/mol. The molecule has 1 atom stereocenters. The zero-order valence-electron chi connectivity index (χ0n) is 14.4. The van der Waals surface area contributed by atoms with Crippen LogP contribution in [0.2, 0.25) is 0 Å². The Labute approximate surface area is 147 Å². The van der Waals surface area contributed by atoms with Gasteiger partial charge in [-0.3, -0.25) is 9.69 Å². The van der Waals surface area contributed by atoms with Crippen LogP contribution in [0.1, 0.15) is 17.3 Å². The van der Waals surface area contributed by atoms with E-state index in [1.165, 1.54) is 0 Å². The van der Waals surface area contributed by atoms with Crippen molar-refractivity contribution in [3.63, 3.8) is 0 Å². The summed E-state index contributed by atoms with van der Waals surface area (Å²) < 4.78 is 10.4. The van der Waals surface area contributed by atoms with Gasteiger partial charge in [0.25, 0.3) is 5.91 Å². The van der Waals surface area contributed by atoms with E-state index in [0.29, 0.717) is 25.3 Å². The van der Waals surface area contributed by atoms with Gasteiger partial charge in [-0.2, -0.15) is 0 Å². The maximum atomic E-state index is 12.4. The van der Waals surface area contributed by atoms with Crippen molar-refractivity contribution in [3.05, 3.63) is 48.4 Å². The predicted octanol–water partition coefficient (Wildman–Crippen LogP) is 1.76. The third-order valence-electron chi connectivity index (χ3n) is 4.28. The number of hydrogen-bond donors (Lipinski definition) is 2. The van der Waals surface area contributed by atoms with E-state index in [1.54, 1.807) is 25.5 Å². The molecule has 134 valence electrons. The molecule has 2 aromatic rings. The van der Waals surface area contributed by atoms with E-state index in [2.05, 4.69) is 10.2 Å². The average molecular weight is 344 g/mol. The van der Waals surface area contributed by atoms with Gasteiger partial charge in [0.2, 0.25) is 0 Å². The van der Waals surface area contributed by atoms with Gasteiger partial charge < -0.3 is 19.6 Å². The van der Waals surface area contributed by atoms with Crippen LogP contribution >= 0.6 is 0 Å². The van der Waals surface area contributed by atoms with Crippen LogP contribution in [0.4, 0.5) is 0 Å². The zero-order chi connectivity index (χ0) is 17.7. The highest BCUT2D eigenvalue weighted by molar-refractivity contribution is 5.95. The first kappa shape index (κ1) is 17.7. The fourth-order valence-corrected chi connectivity index (χ4v) is 2.94. The second kappa shape index (κ2) is 7.82. The first-order valence-corrected chi connectivity index (χ1v) is 8.47. The van der Waals surface area contributed by atoms with E-state index >= 15 is 0 Å². The van der Waals surface area contributed by atoms with Gasteiger partial charge in [0.15, 0.2) is 0 Å². The Morgan fingerprint density at radius 3 is 2.80 bits per heavy atom. The monoisotopic (exact) mass is 344 g/mol. The molecular formula is C19H24N2O4. The van der Waals surface area contributed by atoms with Gasteiger partial charge in [0, 0.05) is 37.3 Å². The Bertz CT molecular complexity index is 691. The molecule has 1 amide bonds. The molecule has 1 aromatic heterocycles. The maximum Gasteiger partial charge on any atom is 0.251 e. The number of morpholine rings is 1. The lowest BCUT2D eigenvalue weighted by Gasteiger charge is -2.33.